The molecule has 1 saturated heterocycles. The van der Waals surface area contributed by atoms with Crippen molar-refractivity contribution in [3.8, 4) is 5.88 Å². The van der Waals surface area contributed by atoms with Gasteiger partial charge in [0.1, 0.15) is 0 Å². The summed E-state index contributed by atoms with van der Waals surface area (Å²) in [4.78, 5) is 4.26. The number of pyridine rings is 1. The molecule has 0 aromatic carbocycles. The van der Waals surface area contributed by atoms with E-state index < -0.39 is 0 Å². The maximum Gasteiger partial charge on any atom is 0.213 e. The average Bonchev–Trinajstić information content (AvgIpc) is 2.39. The second kappa shape index (κ2) is 6.19. The van der Waals surface area contributed by atoms with Gasteiger partial charge in [-0.15, -0.1) is 0 Å². The van der Waals surface area contributed by atoms with Crippen LogP contribution in [0.2, 0.25) is 5.02 Å². The smallest absolute Gasteiger partial charge is 0.213 e. The maximum atomic E-state index is 5.93. The number of hydrogen-bond donors (Lipinski definition) is 1. The molecule has 94 valence electrons. The van der Waals surface area contributed by atoms with Crippen LogP contribution in [-0.4, -0.2) is 24.8 Å². The first-order valence-electron chi connectivity index (χ1n) is 5.85. The van der Waals surface area contributed by atoms with Crippen molar-refractivity contribution in [3.05, 3.63) is 22.8 Å². The van der Waals surface area contributed by atoms with Crippen LogP contribution in [0, 0.1) is 5.92 Å². The van der Waals surface area contributed by atoms with Gasteiger partial charge < -0.3 is 15.2 Å². The highest BCUT2D eigenvalue weighted by atomic mass is 35.5. The molecular weight excluding hydrogens is 240 g/mol. The third-order valence-corrected chi connectivity index (χ3v) is 3.24. The van der Waals surface area contributed by atoms with Crippen molar-refractivity contribution in [1.29, 1.82) is 0 Å². The molecule has 1 aromatic rings. The van der Waals surface area contributed by atoms with Gasteiger partial charge in [0.2, 0.25) is 5.88 Å². The summed E-state index contributed by atoms with van der Waals surface area (Å²) >= 11 is 5.93. The van der Waals surface area contributed by atoms with Crippen molar-refractivity contribution in [1.82, 2.24) is 4.98 Å². The minimum absolute atomic E-state index is 0.327. The standard InChI is InChI=1S/C12H17ClN2O2/c13-10-1-2-12(15-11(10)7-14)17-8-9-3-5-16-6-4-9/h1-2,9H,3-8,14H2. The fourth-order valence-electron chi connectivity index (χ4n) is 1.80. The Bertz CT molecular complexity index is 368. The summed E-state index contributed by atoms with van der Waals surface area (Å²) < 4.78 is 11.0. The predicted octanol–water partition coefficient (Wildman–Crippen LogP) is 2.00. The lowest BCUT2D eigenvalue weighted by Crippen LogP contribution is -2.21. The van der Waals surface area contributed by atoms with Gasteiger partial charge in [0.25, 0.3) is 0 Å². The Morgan fingerprint density at radius 3 is 2.88 bits per heavy atom. The normalized spacial score (nSPS) is 17.1. The number of nitrogens with two attached hydrogens (primary N) is 1. The molecule has 0 amide bonds. The van der Waals surface area contributed by atoms with Crippen LogP contribution < -0.4 is 10.5 Å². The molecule has 1 aliphatic rings. The van der Waals surface area contributed by atoms with Gasteiger partial charge in [-0.2, -0.15) is 0 Å². The molecule has 0 spiro atoms. The molecule has 1 aliphatic heterocycles. The lowest BCUT2D eigenvalue weighted by atomic mass is 10.0. The molecule has 0 saturated carbocycles. The highest BCUT2D eigenvalue weighted by Gasteiger charge is 2.14. The van der Waals surface area contributed by atoms with Crippen LogP contribution in [-0.2, 0) is 11.3 Å². The Kier molecular flexibility index (Phi) is 4.59. The number of aromatic nitrogens is 1. The van der Waals surface area contributed by atoms with E-state index in [2.05, 4.69) is 4.98 Å². The molecule has 0 bridgehead atoms. The van der Waals surface area contributed by atoms with Crippen molar-refractivity contribution < 1.29 is 9.47 Å². The van der Waals surface area contributed by atoms with Crippen molar-refractivity contribution in [2.24, 2.45) is 11.7 Å². The van der Waals surface area contributed by atoms with Gasteiger partial charge in [-0.1, -0.05) is 11.6 Å². The molecule has 5 heteroatoms. The molecule has 4 nitrogen and oxygen atoms in total. The summed E-state index contributed by atoms with van der Waals surface area (Å²) in [7, 11) is 0. The lowest BCUT2D eigenvalue weighted by molar-refractivity contribution is 0.0490. The van der Waals surface area contributed by atoms with E-state index in [0.717, 1.165) is 26.1 Å². The van der Waals surface area contributed by atoms with E-state index in [1.165, 1.54) is 0 Å². The minimum Gasteiger partial charge on any atom is -0.477 e. The molecule has 0 unspecified atom stereocenters. The van der Waals surface area contributed by atoms with Crippen LogP contribution >= 0.6 is 11.6 Å². The number of nitrogens with zero attached hydrogens (tertiary/aromatic N) is 1. The second-order valence-electron chi connectivity index (χ2n) is 4.15. The number of ether oxygens (including phenoxy) is 2. The maximum absolute atomic E-state index is 5.93. The average molecular weight is 257 g/mol. The summed E-state index contributed by atoms with van der Waals surface area (Å²) in [5.74, 6) is 1.16. The Morgan fingerprint density at radius 1 is 1.41 bits per heavy atom. The van der Waals surface area contributed by atoms with Gasteiger partial charge in [-0.3, -0.25) is 0 Å². The molecule has 2 rings (SSSR count). The summed E-state index contributed by atoms with van der Waals surface area (Å²) in [5, 5.41) is 0.589. The molecule has 2 N–H and O–H groups in total. The van der Waals surface area contributed by atoms with Gasteiger partial charge in [-0.05, 0) is 24.8 Å². The van der Waals surface area contributed by atoms with Crippen molar-refractivity contribution in [2.45, 2.75) is 19.4 Å². The van der Waals surface area contributed by atoms with Crippen LogP contribution in [0.1, 0.15) is 18.5 Å². The first kappa shape index (κ1) is 12.6. The highest BCUT2D eigenvalue weighted by molar-refractivity contribution is 6.31. The second-order valence-corrected chi connectivity index (χ2v) is 4.56. The van der Waals surface area contributed by atoms with Crippen LogP contribution in [0.25, 0.3) is 0 Å². The van der Waals surface area contributed by atoms with Crippen LogP contribution in [0.4, 0.5) is 0 Å². The number of hydrogen-bond acceptors (Lipinski definition) is 4. The van der Waals surface area contributed by atoms with Crippen LogP contribution in [0.3, 0.4) is 0 Å². The van der Waals surface area contributed by atoms with E-state index in [1.54, 1.807) is 12.1 Å². The molecule has 2 heterocycles. The third-order valence-electron chi connectivity index (χ3n) is 2.89. The molecule has 0 atom stereocenters. The lowest BCUT2D eigenvalue weighted by Gasteiger charge is -2.21. The molecule has 0 radical (unpaired) electrons. The third kappa shape index (κ3) is 3.56. The van der Waals surface area contributed by atoms with Crippen LogP contribution in [0.5, 0.6) is 5.88 Å². The Morgan fingerprint density at radius 2 is 2.18 bits per heavy atom. The number of rotatable bonds is 4. The summed E-state index contributed by atoms with van der Waals surface area (Å²) in [6.45, 7) is 2.67. The van der Waals surface area contributed by atoms with Gasteiger partial charge in [0, 0.05) is 25.8 Å². The highest BCUT2D eigenvalue weighted by Crippen LogP contribution is 2.20. The van der Waals surface area contributed by atoms with E-state index in [4.69, 9.17) is 26.8 Å². The zero-order valence-electron chi connectivity index (χ0n) is 9.69. The van der Waals surface area contributed by atoms with Crippen molar-refractivity contribution in [3.63, 3.8) is 0 Å². The molecule has 1 fully saturated rings. The molecule has 17 heavy (non-hydrogen) atoms. The van der Waals surface area contributed by atoms with E-state index in [9.17, 15) is 0 Å². The zero-order chi connectivity index (χ0) is 12.1. The summed E-state index contributed by atoms with van der Waals surface area (Å²) in [6, 6.07) is 3.55. The van der Waals surface area contributed by atoms with Gasteiger partial charge >= 0.3 is 0 Å². The number of halogens is 1. The van der Waals surface area contributed by atoms with Gasteiger partial charge in [0.15, 0.2) is 0 Å². The topological polar surface area (TPSA) is 57.4 Å². The first-order valence-corrected chi connectivity index (χ1v) is 6.23. The summed E-state index contributed by atoms with van der Waals surface area (Å²) in [6.07, 6.45) is 2.11. The van der Waals surface area contributed by atoms with Crippen molar-refractivity contribution >= 4 is 11.6 Å². The Labute approximate surface area is 106 Å². The summed E-state index contributed by atoms with van der Waals surface area (Å²) in [5.41, 5.74) is 6.22. The van der Waals surface area contributed by atoms with E-state index in [1.807, 2.05) is 0 Å². The quantitative estimate of drug-likeness (QED) is 0.895. The van der Waals surface area contributed by atoms with E-state index in [-0.39, 0.29) is 0 Å². The largest absolute Gasteiger partial charge is 0.477 e. The Balaban J connectivity index is 1.89. The first-order chi connectivity index (χ1) is 8.29. The zero-order valence-corrected chi connectivity index (χ0v) is 10.4. The molecule has 0 aliphatic carbocycles. The predicted molar refractivity (Wildman–Crippen MR) is 66.2 cm³/mol. The van der Waals surface area contributed by atoms with Gasteiger partial charge in [-0.25, -0.2) is 4.98 Å². The molecule has 1 aromatic heterocycles. The fraction of sp³-hybridized carbons (Fsp3) is 0.583. The SMILES string of the molecule is NCc1nc(OCC2CCOCC2)ccc1Cl. The van der Waals surface area contributed by atoms with E-state index in [0.29, 0.717) is 35.7 Å². The van der Waals surface area contributed by atoms with E-state index >= 15 is 0 Å². The molecular formula is C12H17ClN2O2. The van der Waals surface area contributed by atoms with Crippen molar-refractivity contribution in [2.75, 3.05) is 19.8 Å². The fourth-order valence-corrected chi connectivity index (χ4v) is 1.99. The van der Waals surface area contributed by atoms with Crippen LogP contribution in [0.15, 0.2) is 12.1 Å². The van der Waals surface area contributed by atoms with Gasteiger partial charge in [0.05, 0.1) is 17.3 Å². The minimum atomic E-state index is 0.327. The Hall–Kier alpha value is -0.840. The monoisotopic (exact) mass is 256 g/mol.